The van der Waals surface area contributed by atoms with Gasteiger partial charge in [0.05, 0.1) is 18.8 Å². The fourth-order valence-corrected chi connectivity index (χ4v) is 3.47. The topological polar surface area (TPSA) is 21.7 Å². The van der Waals surface area contributed by atoms with Crippen LogP contribution in [0.4, 0.5) is 0 Å². The Balaban J connectivity index is 2.14. The molecule has 0 aromatic heterocycles. The summed E-state index contributed by atoms with van der Waals surface area (Å²) in [4.78, 5) is 2.43. The molecule has 1 unspecified atom stereocenters. The fourth-order valence-electron chi connectivity index (χ4n) is 2.73. The van der Waals surface area contributed by atoms with Crippen LogP contribution in [0.2, 0.25) is 0 Å². The normalized spacial score (nSPS) is 22.8. The molecule has 112 valence electrons. The predicted molar refractivity (Wildman–Crippen MR) is 88.7 cm³/mol. The molecule has 0 bridgehead atoms. The predicted octanol–water partition coefficient (Wildman–Crippen LogP) is 3.83. The highest BCUT2D eigenvalue weighted by Gasteiger charge is 2.33. The molecule has 3 nitrogen and oxygen atoms in total. The number of benzene rings is 1. The third-order valence-corrected chi connectivity index (χ3v) is 4.58. The summed E-state index contributed by atoms with van der Waals surface area (Å²) < 4.78 is 12.6. The van der Waals surface area contributed by atoms with Crippen LogP contribution in [0.15, 0.2) is 22.7 Å². The fraction of sp³-hybridized carbons (Fsp3) is 0.600. The number of ether oxygens (including phenoxy) is 2. The number of alkyl halides is 1. The molecule has 1 aliphatic heterocycles. The number of hydrogen-bond acceptors (Lipinski definition) is 3. The molecular formula is C15H21Br2NO2. The minimum absolute atomic E-state index is 0.115. The molecule has 5 heteroatoms. The third kappa shape index (κ3) is 4.20. The highest BCUT2D eigenvalue weighted by atomic mass is 79.9. The van der Waals surface area contributed by atoms with Gasteiger partial charge in [-0.05, 0) is 32.0 Å². The first-order chi connectivity index (χ1) is 9.43. The Labute approximate surface area is 137 Å². The Bertz CT molecular complexity index is 465. The summed E-state index contributed by atoms with van der Waals surface area (Å²) in [7, 11) is 1.72. The van der Waals surface area contributed by atoms with Crippen LogP contribution in [0.3, 0.4) is 0 Å². The molecule has 0 spiro atoms. The van der Waals surface area contributed by atoms with E-state index in [4.69, 9.17) is 9.47 Å². The third-order valence-electron chi connectivity index (χ3n) is 3.36. The van der Waals surface area contributed by atoms with E-state index in [2.05, 4.69) is 56.7 Å². The SMILES string of the molecule is COc1ccc(Br)cc1CN1CC(CBr)OC(C)(C)C1. The number of nitrogens with zero attached hydrogens (tertiary/aromatic N) is 1. The monoisotopic (exact) mass is 405 g/mol. The summed E-state index contributed by atoms with van der Waals surface area (Å²) >= 11 is 7.06. The Hall–Kier alpha value is -0.100. The van der Waals surface area contributed by atoms with Crippen LogP contribution < -0.4 is 4.74 Å². The smallest absolute Gasteiger partial charge is 0.123 e. The van der Waals surface area contributed by atoms with Gasteiger partial charge in [-0.1, -0.05) is 31.9 Å². The zero-order valence-electron chi connectivity index (χ0n) is 12.2. The molecule has 1 fully saturated rings. The number of rotatable bonds is 4. The van der Waals surface area contributed by atoms with Crippen molar-refractivity contribution in [1.82, 2.24) is 4.90 Å². The molecule has 0 radical (unpaired) electrons. The molecule has 1 heterocycles. The van der Waals surface area contributed by atoms with Gasteiger partial charge in [-0.25, -0.2) is 0 Å². The van der Waals surface area contributed by atoms with E-state index in [1.165, 1.54) is 5.56 Å². The second-order valence-corrected chi connectivity index (χ2v) is 7.34. The molecule has 2 rings (SSSR count). The van der Waals surface area contributed by atoms with E-state index in [0.29, 0.717) is 0 Å². The Morgan fingerprint density at radius 2 is 2.20 bits per heavy atom. The van der Waals surface area contributed by atoms with Crippen LogP contribution in [0, 0.1) is 0 Å². The second-order valence-electron chi connectivity index (χ2n) is 5.78. The first kappa shape index (κ1) is 16.3. The molecule has 20 heavy (non-hydrogen) atoms. The minimum Gasteiger partial charge on any atom is -0.496 e. The van der Waals surface area contributed by atoms with Gasteiger partial charge in [0.25, 0.3) is 0 Å². The van der Waals surface area contributed by atoms with Gasteiger partial charge in [0.2, 0.25) is 0 Å². The standard InChI is InChI=1S/C15H21Br2NO2/c1-15(2)10-18(9-13(7-16)20-15)8-11-6-12(17)4-5-14(11)19-3/h4-6,13H,7-10H2,1-3H3. The molecule has 1 aliphatic rings. The minimum atomic E-state index is -0.115. The molecule has 0 aliphatic carbocycles. The Morgan fingerprint density at radius 3 is 2.85 bits per heavy atom. The summed E-state index contributed by atoms with van der Waals surface area (Å²) in [6.45, 7) is 7.02. The zero-order valence-corrected chi connectivity index (χ0v) is 15.3. The van der Waals surface area contributed by atoms with Crippen molar-refractivity contribution < 1.29 is 9.47 Å². The van der Waals surface area contributed by atoms with Gasteiger partial charge in [-0.15, -0.1) is 0 Å². The Morgan fingerprint density at radius 1 is 1.45 bits per heavy atom. The largest absolute Gasteiger partial charge is 0.496 e. The lowest BCUT2D eigenvalue weighted by Crippen LogP contribution is -2.52. The summed E-state index contributed by atoms with van der Waals surface area (Å²) in [5.74, 6) is 0.938. The van der Waals surface area contributed by atoms with Crippen LogP contribution in [-0.4, -0.2) is 42.1 Å². The number of halogens is 2. The van der Waals surface area contributed by atoms with Crippen molar-refractivity contribution in [3.05, 3.63) is 28.2 Å². The highest BCUT2D eigenvalue weighted by Crippen LogP contribution is 2.28. The lowest BCUT2D eigenvalue weighted by Gasteiger charge is -2.42. The maximum absolute atomic E-state index is 6.04. The van der Waals surface area contributed by atoms with Crippen LogP contribution >= 0.6 is 31.9 Å². The van der Waals surface area contributed by atoms with Crippen LogP contribution in [0.1, 0.15) is 19.4 Å². The molecule has 0 N–H and O–H groups in total. The van der Waals surface area contributed by atoms with E-state index in [0.717, 1.165) is 35.2 Å². The number of hydrogen-bond donors (Lipinski definition) is 0. The van der Waals surface area contributed by atoms with Crippen LogP contribution in [0.5, 0.6) is 5.75 Å². The van der Waals surface area contributed by atoms with Crippen molar-refractivity contribution in [2.75, 3.05) is 25.5 Å². The number of methoxy groups -OCH3 is 1. The van der Waals surface area contributed by atoms with Gasteiger partial charge in [0.15, 0.2) is 0 Å². The van der Waals surface area contributed by atoms with Gasteiger partial charge < -0.3 is 9.47 Å². The molecule has 1 saturated heterocycles. The maximum atomic E-state index is 6.04. The zero-order chi connectivity index (χ0) is 14.8. The van der Waals surface area contributed by atoms with Gasteiger partial charge in [0, 0.05) is 35.0 Å². The highest BCUT2D eigenvalue weighted by molar-refractivity contribution is 9.10. The first-order valence-electron chi connectivity index (χ1n) is 6.72. The first-order valence-corrected chi connectivity index (χ1v) is 8.63. The van der Waals surface area contributed by atoms with E-state index < -0.39 is 0 Å². The van der Waals surface area contributed by atoms with Crippen molar-refractivity contribution >= 4 is 31.9 Å². The van der Waals surface area contributed by atoms with E-state index in [9.17, 15) is 0 Å². The van der Waals surface area contributed by atoms with Crippen LogP contribution in [-0.2, 0) is 11.3 Å². The van der Waals surface area contributed by atoms with Crippen molar-refractivity contribution in [2.24, 2.45) is 0 Å². The molecule has 0 saturated carbocycles. The van der Waals surface area contributed by atoms with Gasteiger partial charge in [0.1, 0.15) is 5.75 Å². The van der Waals surface area contributed by atoms with Crippen molar-refractivity contribution in [3.8, 4) is 5.75 Å². The maximum Gasteiger partial charge on any atom is 0.123 e. The second kappa shape index (κ2) is 6.77. The average Bonchev–Trinajstić information content (AvgIpc) is 2.37. The lowest BCUT2D eigenvalue weighted by molar-refractivity contribution is -0.128. The van der Waals surface area contributed by atoms with E-state index in [1.54, 1.807) is 7.11 Å². The van der Waals surface area contributed by atoms with Crippen molar-refractivity contribution in [1.29, 1.82) is 0 Å². The molecule has 0 amide bonds. The van der Waals surface area contributed by atoms with Crippen molar-refractivity contribution in [2.45, 2.75) is 32.1 Å². The van der Waals surface area contributed by atoms with Crippen molar-refractivity contribution in [3.63, 3.8) is 0 Å². The average molecular weight is 407 g/mol. The van der Waals surface area contributed by atoms with Gasteiger partial charge in [-0.3, -0.25) is 4.90 Å². The molecule has 1 aromatic rings. The van der Waals surface area contributed by atoms with Crippen LogP contribution in [0.25, 0.3) is 0 Å². The summed E-state index contributed by atoms with van der Waals surface area (Å²) in [5, 5.41) is 0.864. The summed E-state index contributed by atoms with van der Waals surface area (Å²) in [5.41, 5.74) is 1.09. The molecular weight excluding hydrogens is 386 g/mol. The quantitative estimate of drug-likeness (QED) is 0.709. The molecule has 1 aromatic carbocycles. The van der Waals surface area contributed by atoms with Gasteiger partial charge in [-0.2, -0.15) is 0 Å². The van der Waals surface area contributed by atoms with Gasteiger partial charge >= 0.3 is 0 Å². The van der Waals surface area contributed by atoms with E-state index in [1.807, 2.05) is 12.1 Å². The number of morpholine rings is 1. The van der Waals surface area contributed by atoms with E-state index in [-0.39, 0.29) is 11.7 Å². The Kier molecular flexibility index (Phi) is 5.51. The molecule has 1 atom stereocenters. The van der Waals surface area contributed by atoms with E-state index >= 15 is 0 Å². The summed E-state index contributed by atoms with van der Waals surface area (Å²) in [6, 6.07) is 6.14. The summed E-state index contributed by atoms with van der Waals surface area (Å²) in [6.07, 6.45) is 0.233. The lowest BCUT2D eigenvalue weighted by atomic mass is 10.0.